The van der Waals surface area contributed by atoms with Gasteiger partial charge in [-0.25, -0.2) is 14.8 Å². The second-order valence-electron chi connectivity index (χ2n) is 10.2. The Morgan fingerprint density at radius 2 is 1.77 bits per heavy atom. The number of hydrogen-bond donors (Lipinski definition) is 2. The summed E-state index contributed by atoms with van der Waals surface area (Å²) in [6, 6.07) is -0.291. The van der Waals surface area contributed by atoms with Crippen LogP contribution < -0.4 is 5.73 Å². The van der Waals surface area contributed by atoms with Gasteiger partial charge in [-0.05, 0) is 58.7 Å². The Morgan fingerprint density at radius 1 is 1.15 bits per heavy atom. The number of nitrogens with two attached hydrogens (primary N) is 1. The van der Waals surface area contributed by atoms with E-state index in [1.165, 1.54) is 48.8 Å². The quantitative estimate of drug-likeness (QED) is 0.125. The highest BCUT2D eigenvalue weighted by Crippen LogP contribution is 2.28. The number of carbonyl (C=O) groups is 3. The Hall–Kier alpha value is -2.08. The molecule has 1 aliphatic rings. The molecule has 1 aromatic heterocycles. The summed E-state index contributed by atoms with van der Waals surface area (Å²) in [5, 5.41) is 14.3. The van der Waals surface area contributed by atoms with Gasteiger partial charge in [0.2, 0.25) is 12.3 Å². The first-order chi connectivity index (χ1) is 19.2. The third kappa shape index (κ3) is 16.2. The lowest BCUT2D eigenvalue weighted by Crippen LogP contribution is -2.44. The summed E-state index contributed by atoms with van der Waals surface area (Å²) in [4.78, 5) is 45.8. The second-order valence-corrected chi connectivity index (χ2v) is 11.1. The number of piperidine rings is 1. The van der Waals surface area contributed by atoms with Crippen LogP contribution in [0.4, 0.5) is 0 Å². The minimum absolute atomic E-state index is 0.0504. The third-order valence-corrected chi connectivity index (χ3v) is 7.32. The number of nitrogens with zero attached hydrogens (tertiary/aromatic N) is 3. The summed E-state index contributed by atoms with van der Waals surface area (Å²) < 4.78 is 4.96. The highest BCUT2D eigenvalue weighted by molar-refractivity contribution is 7.09. The van der Waals surface area contributed by atoms with Crippen molar-refractivity contribution in [1.82, 2.24) is 14.9 Å². The van der Waals surface area contributed by atoms with Gasteiger partial charge in [0.1, 0.15) is 11.1 Å². The number of esters is 1. The fraction of sp³-hybridized carbons (Fsp3) is 0.793. The lowest BCUT2D eigenvalue weighted by Gasteiger charge is -2.34. The molecule has 0 saturated carbocycles. The van der Waals surface area contributed by atoms with Crippen molar-refractivity contribution in [2.75, 3.05) is 33.4 Å². The van der Waals surface area contributed by atoms with Crippen LogP contribution in [0, 0.1) is 5.92 Å². The molecule has 0 aromatic carbocycles. The summed E-state index contributed by atoms with van der Waals surface area (Å²) in [7, 11) is 2.19. The molecular weight excluding hydrogens is 532 g/mol. The van der Waals surface area contributed by atoms with Crippen LogP contribution in [0.25, 0.3) is 0 Å². The predicted molar refractivity (Wildman–Crippen MR) is 160 cm³/mol. The molecular formula is C29H54N4O6S. The molecule has 2 rings (SSSR count). The van der Waals surface area contributed by atoms with Crippen molar-refractivity contribution >= 4 is 29.6 Å². The van der Waals surface area contributed by atoms with Crippen LogP contribution in [0.3, 0.4) is 0 Å². The van der Waals surface area contributed by atoms with Crippen molar-refractivity contribution in [2.45, 2.75) is 111 Å². The number of aliphatic hydroxyl groups excluding tert-OH is 1. The Morgan fingerprint density at radius 3 is 2.27 bits per heavy atom. The lowest BCUT2D eigenvalue weighted by molar-refractivity contribution is -0.209. The molecule has 2 heterocycles. The first kappa shape index (κ1) is 37.9. The van der Waals surface area contributed by atoms with E-state index in [4.69, 9.17) is 14.4 Å². The van der Waals surface area contributed by atoms with E-state index in [-0.39, 0.29) is 36.6 Å². The van der Waals surface area contributed by atoms with E-state index >= 15 is 0 Å². The van der Waals surface area contributed by atoms with Crippen LogP contribution >= 0.6 is 11.3 Å². The number of rotatable bonds is 15. The third-order valence-electron chi connectivity index (χ3n) is 6.38. The number of aliphatic hydroxyl groups is 1. The molecule has 2 amide bonds. The number of carbonyl (C=O) groups excluding carboxylic acids is 3. The zero-order valence-electron chi connectivity index (χ0n) is 25.6. The van der Waals surface area contributed by atoms with E-state index in [0.717, 1.165) is 32.1 Å². The van der Waals surface area contributed by atoms with E-state index in [9.17, 15) is 14.7 Å². The standard InChI is InChI=1S/C22H38N2O5S.C6H13N.CH3NO/c1-6-9-11-13-29-24(20(26)12-10-7-2)18(16(4)5)14-19(25)21-23-17(15-30-21)22(27)28-8-3;1-7-5-3-2-4-6-7;2-1-3/h15-16,18-19,25H,6-14H2,1-5H3;2-6H2,1H3;1H,(H2,2,3). The summed E-state index contributed by atoms with van der Waals surface area (Å²) in [5.74, 6) is -0.463. The molecule has 0 aliphatic carbocycles. The molecule has 2 unspecified atom stereocenters. The zero-order chi connectivity index (χ0) is 30.3. The predicted octanol–water partition coefficient (Wildman–Crippen LogP) is 5.11. The molecule has 1 fully saturated rings. The van der Waals surface area contributed by atoms with E-state index in [0.29, 0.717) is 24.5 Å². The molecule has 0 radical (unpaired) electrons. The van der Waals surface area contributed by atoms with Gasteiger partial charge in [0.15, 0.2) is 5.69 Å². The molecule has 1 aromatic rings. The maximum absolute atomic E-state index is 12.8. The molecule has 0 spiro atoms. The van der Waals surface area contributed by atoms with Gasteiger partial charge < -0.3 is 20.5 Å². The van der Waals surface area contributed by atoms with Gasteiger partial charge in [0.05, 0.1) is 19.3 Å². The summed E-state index contributed by atoms with van der Waals surface area (Å²) >= 11 is 1.22. The Balaban J connectivity index is 0.00000127. The van der Waals surface area contributed by atoms with Gasteiger partial charge in [0, 0.05) is 18.2 Å². The van der Waals surface area contributed by atoms with Crippen molar-refractivity contribution in [3.63, 3.8) is 0 Å². The van der Waals surface area contributed by atoms with Crippen LogP contribution in [-0.4, -0.2) is 77.7 Å². The van der Waals surface area contributed by atoms with E-state index in [2.05, 4.69) is 29.6 Å². The Bertz CT molecular complexity index is 801. The topological polar surface area (TPSA) is 135 Å². The van der Waals surface area contributed by atoms with E-state index in [1.54, 1.807) is 12.3 Å². The van der Waals surface area contributed by atoms with Crippen LogP contribution in [0.1, 0.15) is 120 Å². The monoisotopic (exact) mass is 586 g/mol. The highest BCUT2D eigenvalue weighted by atomic mass is 32.1. The first-order valence-electron chi connectivity index (χ1n) is 14.8. The summed E-state index contributed by atoms with van der Waals surface area (Å²) in [6.45, 7) is 13.3. The van der Waals surface area contributed by atoms with Gasteiger partial charge in [-0.1, -0.05) is 53.4 Å². The van der Waals surface area contributed by atoms with Crippen molar-refractivity contribution in [2.24, 2.45) is 11.7 Å². The fourth-order valence-electron chi connectivity index (χ4n) is 4.07. The van der Waals surface area contributed by atoms with Crippen LogP contribution in [0.15, 0.2) is 5.38 Å². The minimum atomic E-state index is -0.897. The van der Waals surface area contributed by atoms with E-state index < -0.39 is 12.1 Å². The molecule has 10 nitrogen and oxygen atoms in total. The van der Waals surface area contributed by atoms with Gasteiger partial charge in [-0.3, -0.25) is 14.4 Å². The van der Waals surface area contributed by atoms with Crippen LogP contribution in [0.2, 0.25) is 0 Å². The number of aromatic nitrogens is 1. The number of thiazole rings is 1. The summed E-state index contributed by atoms with van der Waals surface area (Å²) in [6.07, 6.45) is 9.08. The van der Waals surface area contributed by atoms with Crippen LogP contribution in [0.5, 0.6) is 0 Å². The SMILES string of the molecule is CCCCCON(C(=O)CCCC)C(CC(O)c1nc(C(=O)OCC)cs1)C(C)C.CN1CCCCC1.NC=O. The molecule has 0 bridgehead atoms. The zero-order valence-corrected chi connectivity index (χ0v) is 26.4. The van der Waals surface area contributed by atoms with Gasteiger partial charge in [-0.2, -0.15) is 0 Å². The molecule has 1 aliphatic heterocycles. The number of hydrogen-bond acceptors (Lipinski definition) is 9. The van der Waals surface area contributed by atoms with Gasteiger partial charge >= 0.3 is 5.97 Å². The smallest absolute Gasteiger partial charge is 0.357 e. The average Bonchev–Trinajstić information content (AvgIpc) is 3.43. The molecule has 11 heteroatoms. The molecule has 1 saturated heterocycles. The van der Waals surface area contributed by atoms with Gasteiger partial charge in [0.25, 0.3) is 0 Å². The number of likely N-dealkylation sites (tertiary alicyclic amines) is 1. The molecule has 3 N–H and O–H groups in total. The van der Waals surface area contributed by atoms with Crippen molar-refractivity contribution < 1.29 is 29.1 Å². The normalized spacial score (nSPS) is 14.7. The van der Waals surface area contributed by atoms with Gasteiger partial charge in [-0.15, -0.1) is 11.3 Å². The van der Waals surface area contributed by atoms with E-state index in [1.807, 2.05) is 20.8 Å². The molecule has 40 heavy (non-hydrogen) atoms. The average molecular weight is 587 g/mol. The Labute approximate surface area is 245 Å². The van der Waals surface area contributed by atoms with Crippen molar-refractivity contribution in [3.8, 4) is 0 Å². The van der Waals surface area contributed by atoms with Crippen molar-refractivity contribution in [1.29, 1.82) is 0 Å². The number of hydroxylamine groups is 2. The largest absolute Gasteiger partial charge is 0.461 e. The molecule has 232 valence electrons. The number of ether oxygens (including phenoxy) is 1. The number of unbranched alkanes of at least 4 members (excludes halogenated alkanes) is 3. The minimum Gasteiger partial charge on any atom is -0.461 e. The second kappa shape index (κ2) is 23.6. The first-order valence-corrected chi connectivity index (χ1v) is 15.6. The molecule has 2 atom stereocenters. The lowest BCUT2D eigenvalue weighted by atomic mass is 9.97. The number of amides is 2. The number of primary amides is 1. The highest BCUT2D eigenvalue weighted by Gasteiger charge is 2.31. The maximum Gasteiger partial charge on any atom is 0.357 e. The van der Waals surface area contributed by atoms with Crippen molar-refractivity contribution in [3.05, 3.63) is 16.1 Å². The fourth-order valence-corrected chi connectivity index (χ4v) is 4.85. The Kier molecular flexibility index (Phi) is 22.4. The van der Waals surface area contributed by atoms with Crippen LogP contribution in [-0.2, 0) is 19.2 Å². The maximum atomic E-state index is 12.8. The summed E-state index contributed by atoms with van der Waals surface area (Å²) in [5.41, 5.74) is 4.36.